The van der Waals surface area contributed by atoms with E-state index in [0.29, 0.717) is 12.1 Å². The molecule has 4 nitrogen and oxygen atoms in total. The number of carbonyl (C=O) groups excluding carboxylic acids is 1. The molecule has 0 aliphatic rings. The fourth-order valence-electron chi connectivity index (χ4n) is 1.83. The summed E-state index contributed by atoms with van der Waals surface area (Å²) in [5.74, 6) is 1.45. The van der Waals surface area contributed by atoms with Crippen molar-refractivity contribution in [2.24, 2.45) is 0 Å². The second-order valence-electron chi connectivity index (χ2n) is 5.15. The highest BCUT2D eigenvalue weighted by Crippen LogP contribution is 2.20. The maximum absolute atomic E-state index is 11.9. The maximum atomic E-state index is 11.9. The Bertz CT molecular complexity index is 565. The van der Waals surface area contributed by atoms with Gasteiger partial charge in [0.05, 0.1) is 27.2 Å². The van der Waals surface area contributed by atoms with Crippen molar-refractivity contribution in [2.45, 2.75) is 0 Å². The van der Waals surface area contributed by atoms with Crippen LogP contribution in [0.15, 0.2) is 54.6 Å². The number of nitrogens with one attached hydrogen (secondary N) is 2. The van der Waals surface area contributed by atoms with Gasteiger partial charge in [-0.1, -0.05) is 18.2 Å². The van der Waals surface area contributed by atoms with Gasteiger partial charge < -0.3 is 15.0 Å². The van der Waals surface area contributed by atoms with Crippen LogP contribution in [0.5, 0.6) is 11.5 Å². The largest absolute Gasteiger partial charge is 0.457 e. The van der Waals surface area contributed by atoms with E-state index in [0.717, 1.165) is 18.0 Å². The molecule has 0 aliphatic carbocycles. The topological polar surface area (TPSA) is 42.8 Å². The van der Waals surface area contributed by atoms with E-state index in [-0.39, 0.29) is 5.91 Å². The van der Waals surface area contributed by atoms with Crippen LogP contribution < -0.4 is 15.0 Å². The predicted molar refractivity (Wildman–Crippen MR) is 83.0 cm³/mol. The summed E-state index contributed by atoms with van der Waals surface area (Å²) >= 11 is 0. The van der Waals surface area contributed by atoms with Crippen molar-refractivity contribution in [1.82, 2.24) is 5.32 Å². The van der Waals surface area contributed by atoms with Crippen molar-refractivity contribution >= 4 is 5.91 Å². The fourth-order valence-corrected chi connectivity index (χ4v) is 1.83. The SMILES string of the molecule is C[NH+](C)CCNC(=O)c1ccc(Oc2ccccc2)cc1. The normalized spacial score (nSPS) is 10.4. The first-order valence-electron chi connectivity index (χ1n) is 7.05. The molecule has 0 radical (unpaired) electrons. The third-order valence-corrected chi connectivity index (χ3v) is 3.01. The summed E-state index contributed by atoms with van der Waals surface area (Å²) in [4.78, 5) is 13.2. The highest BCUT2D eigenvalue weighted by molar-refractivity contribution is 5.94. The van der Waals surface area contributed by atoms with Crippen LogP contribution in [-0.2, 0) is 0 Å². The summed E-state index contributed by atoms with van der Waals surface area (Å²) in [6.45, 7) is 1.57. The molecule has 0 aliphatic heterocycles. The molecule has 21 heavy (non-hydrogen) atoms. The van der Waals surface area contributed by atoms with Gasteiger partial charge in [-0.05, 0) is 36.4 Å². The summed E-state index contributed by atoms with van der Waals surface area (Å²) < 4.78 is 5.69. The second kappa shape index (κ2) is 7.45. The van der Waals surface area contributed by atoms with Gasteiger partial charge in [-0.2, -0.15) is 0 Å². The molecule has 2 rings (SSSR count). The number of carbonyl (C=O) groups is 1. The third kappa shape index (κ3) is 4.93. The number of hydrogen-bond acceptors (Lipinski definition) is 2. The standard InChI is InChI=1S/C17H20N2O2/c1-19(2)13-12-18-17(20)14-8-10-16(11-9-14)21-15-6-4-3-5-7-15/h3-11H,12-13H2,1-2H3,(H,18,20)/p+1. The Balaban J connectivity index is 1.91. The van der Waals surface area contributed by atoms with E-state index >= 15 is 0 Å². The first kappa shape index (κ1) is 15.1. The van der Waals surface area contributed by atoms with E-state index in [1.54, 1.807) is 24.3 Å². The molecule has 2 aromatic rings. The number of rotatable bonds is 6. The van der Waals surface area contributed by atoms with E-state index in [1.807, 2.05) is 30.3 Å². The molecule has 0 bridgehead atoms. The van der Waals surface area contributed by atoms with Crippen molar-refractivity contribution in [3.63, 3.8) is 0 Å². The smallest absolute Gasteiger partial charge is 0.251 e. The second-order valence-corrected chi connectivity index (χ2v) is 5.15. The first-order chi connectivity index (χ1) is 10.1. The summed E-state index contributed by atoms with van der Waals surface area (Å²) in [7, 11) is 4.11. The number of ether oxygens (including phenoxy) is 1. The van der Waals surface area contributed by atoms with Crippen LogP contribution in [0.25, 0.3) is 0 Å². The Morgan fingerprint density at radius 1 is 1.00 bits per heavy atom. The van der Waals surface area contributed by atoms with Crippen LogP contribution in [0.1, 0.15) is 10.4 Å². The lowest BCUT2D eigenvalue weighted by molar-refractivity contribution is -0.856. The van der Waals surface area contributed by atoms with Gasteiger partial charge in [-0.25, -0.2) is 0 Å². The van der Waals surface area contributed by atoms with E-state index in [1.165, 1.54) is 4.90 Å². The van der Waals surface area contributed by atoms with Crippen LogP contribution >= 0.6 is 0 Å². The average Bonchev–Trinajstić information content (AvgIpc) is 2.48. The van der Waals surface area contributed by atoms with Crippen LogP contribution in [0.4, 0.5) is 0 Å². The molecule has 2 N–H and O–H groups in total. The van der Waals surface area contributed by atoms with Gasteiger partial charge in [0.15, 0.2) is 0 Å². The van der Waals surface area contributed by atoms with Gasteiger partial charge in [0, 0.05) is 5.56 Å². The van der Waals surface area contributed by atoms with Crippen molar-refractivity contribution in [1.29, 1.82) is 0 Å². The molecule has 0 atom stereocenters. The summed E-state index contributed by atoms with van der Waals surface area (Å²) in [6.07, 6.45) is 0. The molecular weight excluding hydrogens is 264 g/mol. The Morgan fingerprint density at radius 3 is 2.24 bits per heavy atom. The zero-order chi connectivity index (χ0) is 15.1. The van der Waals surface area contributed by atoms with Crippen molar-refractivity contribution in [2.75, 3.05) is 27.2 Å². The molecule has 0 saturated carbocycles. The highest BCUT2D eigenvalue weighted by Gasteiger charge is 2.06. The lowest BCUT2D eigenvalue weighted by Crippen LogP contribution is -3.06. The Morgan fingerprint density at radius 2 is 1.62 bits per heavy atom. The molecule has 4 heteroatoms. The molecule has 110 valence electrons. The van der Waals surface area contributed by atoms with E-state index < -0.39 is 0 Å². The first-order valence-corrected chi connectivity index (χ1v) is 7.05. The van der Waals surface area contributed by atoms with E-state index in [2.05, 4.69) is 19.4 Å². The number of likely N-dealkylation sites (N-methyl/N-ethyl adjacent to an activating group) is 1. The van der Waals surface area contributed by atoms with Crippen LogP contribution in [-0.4, -0.2) is 33.1 Å². The predicted octanol–water partition coefficient (Wildman–Crippen LogP) is 1.35. The van der Waals surface area contributed by atoms with Gasteiger partial charge in [0.1, 0.15) is 11.5 Å². The zero-order valence-corrected chi connectivity index (χ0v) is 12.4. The number of hydrogen-bond donors (Lipinski definition) is 2. The molecule has 0 spiro atoms. The summed E-state index contributed by atoms with van der Waals surface area (Å²) in [6, 6.07) is 16.7. The van der Waals surface area contributed by atoms with Gasteiger partial charge >= 0.3 is 0 Å². The van der Waals surface area contributed by atoms with Gasteiger partial charge in [0.25, 0.3) is 5.91 Å². The Labute approximate surface area is 125 Å². The number of para-hydroxylation sites is 1. The summed E-state index contributed by atoms with van der Waals surface area (Å²) in [5, 5.41) is 2.90. The van der Waals surface area contributed by atoms with E-state index in [4.69, 9.17) is 4.74 Å². The van der Waals surface area contributed by atoms with Crippen LogP contribution in [0.3, 0.4) is 0 Å². The van der Waals surface area contributed by atoms with Gasteiger partial charge in [0.2, 0.25) is 0 Å². The average molecular weight is 285 g/mol. The molecule has 0 heterocycles. The summed E-state index contributed by atoms with van der Waals surface area (Å²) in [5.41, 5.74) is 0.643. The molecule has 0 saturated heterocycles. The molecular formula is C17H21N2O2+. The quantitative estimate of drug-likeness (QED) is 0.841. The van der Waals surface area contributed by atoms with E-state index in [9.17, 15) is 4.79 Å². The zero-order valence-electron chi connectivity index (χ0n) is 12.4. The minimum Gasteiger partial charge on any atom is -0.457 e. The Kier molecular flexibility index (Phi) is 5.35. The van der Waals surface area contributed by atoms with Crippen LogP contribution in [0, 0.1) is 0 Å². The number of benzene rings is 2. The number of quaternary nitrogens is 1. The van der Waals surface area contributed by atoms with Crippen LogP contribution in [0.2, 0.25) is 0 Å². The minimum absolute atomic E-state index is 0.0532. The van der Waals surface area contributed by atoms with Crippen molar-refractivity contribution in [3.8, 4) is 11.5 Å². The fraction of sp³-hybridized carbons (Fsp3) is 0.235. The van der Waals surface area contributed by atoms with Gasteiger partial charge in [-0.3, -0.25) is 4.79 Å². The molecule has 0 fully saturated rings. The lowest BCUT2D eigenvalue weighted by atomic mass is 10.2. The minimum atomic E-state index is -0.0532. The van der Waals surface area contributed by atoms with Gasteiger partial charge in [-0.15, -0.1) is 0 Å². The lowest BCUT2D eigenvalue weighted by Gasteiger charge is -2.09. The highest BCUT2D eigenvalue weighted by atomic mass is 16.5. The van der Waals surface area contributed by atoms with Crippen molar-refractivity contribution in [3.05, 3.63) is 60.2 Å². The Hall–Kier alpha value is -2.33. The maximum Gasteiger partial charge on any atom is 0.251 e. The molecule has 0 aromatic heterocycles. The molecule has 1 amide bonds. The number of amides is 1. The molecule has 0 unspecified atom stereocenters. The molecule has 2 aromatic carbocycles. The third-order valence-electron chi connectivity index (χ3n) is 3.01. The monoisotopic (exact) mass is 285 g/mol. The van der Waals surface area contributed by atoms with Crippen molar-refractivity contribution < 1.29 is 14.4 Å².